The number of carbonyl (C=O) groups is 1. The highest BCUT2D eigenvalue weighted by molar-refractivity contribution is 7.99. The smallest absolute Gasteiger partial charge is 0.236 e. The summed E-state index contributed by atoms with van der Waals surface area (Å²) in [7, 11) is 0. The van der Waals surface area contributed by atoms with Gasteiger partial charge in [0.05, 0.1) is 12.4 Å². The Labute approximate surface area is 86.0 Å². The minimum Gasteiger partial charge on any atom is -0.396 e. The van der Waals surface area contributed by atoms with Crippen LogP contribution < -0.4 is 5.32 Å². The standard InChI is InChI=1S/C8H11N3O2S/c12-4-5-14-6-7(13)11-8-9-2-1-3-10-8/h1-3,12H,4-6H2,(H,9,10,11,13). The molecule has 0 unspecified atom stereocenters. The second kappa shape index (κ2) is 6.33. The molecule has 6 heteroatoms. The number of amides is 1. The molecule has 0 atom stereocenters. The highest BCUT2D eigenvalue weighted by Gasteiger charge is 2.02. The predicted molar refractivity (Wildman–Crippen MR) is 55.1 cm³/mol. The van der Waals surface area contributed by atoms with Gasteiger partial charge < -0.3 is 5.11 Å². The summed E-state index contributed by atoms with van der Waals surface area (Å²) in [6, 6.07) is 1.68. The highest BCUT2D eigenvalue weighted by Crippen LogP contribution is 2.00. The van der Waals surface area contributed by atoms with Crippen LogP contribution in [0.3, 0.4) is 0 Å². The van der Waals surface area contributed by atoms with Crippen LogP contribution in [0.4, 0.5) is 5.95 Å². The SMILES string of the molecule is O=C(CSCCO)Nc1ncccn1. The summed E-state index contributed by atoms with van der Waals surface area (Å²) in [5.41, 5.74) is 0. The van der Waals surface area contributed by atoms with Gasteiger partial charge in [0.2, 0.25) is 11.9 Å². The number of nitrogens with zero attached hydrogens (tertiary/aromatic N) is 2. The van der Waals surface area contributed by atoms with E-state index in [-0.39, 0.29) is 12.5 Å². The summed E-state index contributed by atoms with van der Waals surface area (Å²) in [6.07, 6.45) is 3.12. The molecule has 1 amide bonds. The van der Waals surface area contributed by atoms with Crippen molar-refractivity contribution in [3.05, 3.63) is 18.5 Å². The summed E-state index contributed by atoms with van der Waals surface area (Å²) < 4.78 is 0. The van der Waals surface area contributed by atoms with Gasteiger partial charge in [-0.3, -0.25) is 10.1 Å². The first kappa shape index (κ1) is 10.9. The van der Waals surface area contributed by atoms with Crippen LogP contribution in [0, 0.1) is 0 Å². The number of aromatic nitrogens is 2. The minimum atomic E-state index is -0.158. The van der Waals surface area contributed by atoms with Crippen LogP contribution in [0.5, 0.6) is 0 Å². The molecule has 1 aromatic heterocycles. The van der Waals surface area contributed by atoms with E-state index < -0.39 is 0 Å². The average Bonchev–Trinajstić information content (AvgIpc) is 2.20. The maximum atomic E-state index is 11.2. The number of carbonyl (C=O) groups excluding carboxylic acids is 1. The number of rotatable bonds is 5. The van der Waals surface area contributed by atoms with Gasteiger partial charge in [-0.05, 0) is 6.07 Å². The number of anilines is 1. The molecule has 76 valence electrons. The van der Waals surface area contributed by atoms with Crippen molar-refractivity contribution in [2.75, 3.05) is 23.4 Å². The molecule has 0 saturated heterocycles. The summed E-state index contributed by atoms with van der Waals surface area (Å²) in [6.45, 7) is 0.0831. The van der Waals surface area contributed by atoms with E-state index in [4.69, 9.17) is 5.11 Å². The molecular weight excluding hydrogens is 202 g/mol. The topological polar surface area (TPSA) is 75.1 Å². The van der Waals surface area contributed by atoms with E-state index in [0.29, 0.717) is 17.5 Å². The molecule has 1 heterocycles. The largest absolute Gasteiger partial charge is 0.396 e. The van der Waals surface area contributed by atoms with Crippen molar-refractivity contribution in [2.24, 2.45) is 0 Å². The molecule has 14 heavy (non-hydrogen) atoms. The van der Waals surface area contributed by atoms with E-state index in [1.54, 1.807) is 18.5 Å². The van der Waals surface area contributed by atoms with E-state index in [0.717, 1.165) is 0 Å². The molecule has 0 aliphatic rings. The van der Waals surface area contributed by atoms with Crippen molar-refractivity contribution < 1.29 is 9.90 Å². The van der Waals surface area contributed by atoms with Crippen LogP contribution in [0.25, 0.3) is 0 Å². The lowest BCUT2D eigenvalue weighted by molar-refractivity contribution is -0.113. The predicted octanol–water partition coefficient (Wildman–Crippen LogP) is 0.141. The Morgan fingerprint density at radius 1 is 1.50 bits per heavy atom. The summed E-state index contributed by atoms with van der Waals surface area (Å²) in [4.78, 5) is 18.9. The molecule has 1 aromatic rings. The monoisotopic (exact) mass is 213 g/mol. The molecule has 0 saturated carbocycles. The van der Waals surface area contributed by atoms with Gasteiger partial charge in [0.1, 0.15) is 0 Å². The molecule has 2 N–H and O–H groups in total. The number of aliphatic hydroxyl groups is 1. The van der Waals surface area contributed by atoms with E-state index >= 15 is 0 Å². The average molecular weight is 213 g/mol. The molecule has 5 nitrogen and oxygen atoms in total. The maximum absolute atomic E-state index is 11.2. The first-order chi connectivity index (χ1) is 6.83. The second-order valence-electron chi connectivity index (χ2n) is 2.40. The summed E-state index contributed by atoms with van der Waals surface area (Å²) in [5.74, 6) is 1.01. The van der Waals surface area contributed by atoms with Crippen LogP contribution in [-0.2, 0) is 4.79 Å². The van der Waals surface area contributed by atoms with Gasteiger partial charge in [-0.2, -0.15) is 0 Å². The van der Waals surface area contributed by atoms with E-state index in [2.05, 4.69) is 15.3 Å². The Hall–Kier alpha value is -1.14. The molecule has 0 aliphatic heterocycles. The molecule has 0 aromatic carbocycles. The highest BCUT2D eigenvalue weighted by atomic mass is 32.2. The van der Waals surface area contributed by atoms with E-state index in [1.165, 1.54) is 11.8 Å². The number of hydrogen-bond donors (Lipinski definition) is 2. The third-order valence-corrected chi connectivity index (χ3v) is 2.22. The van der Waals surface area contributed by atoms with Gasteiger partial charge in [0.15, 0.2) is 0 Å². The van der Waals surface area contributed by atoms with Gasteiger partial charge in [0.25, 0.3) is 0 Å². The van der Waals surface area contributed by atoms with Crippen molar-refractivity contribution in [1.82, 2.24) is 9.97 Å². The van der Waals surface area contributed by atoms with Crippen molar-refractivity contribution in [3.63, 3.8) is 0 Å². The molecule has 0 aliphatic carbocycles. The van der Waals surface area contributed by atoms with Crippen LogP contribution in [-0.4, -0.2) is 39.1 Å². The van der Waals surface area contributed by atoms with Crippen molar-refractivity contribution in [2.45, 2.75) is 0 Å². The third kappa shape index (κ3) is 4.20. The maximum Gasteiger partial charge on any atom is 0.236 e. The Bertz CT molecular complexity index is 281. The lowest BCUT2D eigenvalue weighted by atomic mass is 10.6. The third-order valence-electron chi connectivity index (χ3n) is 1.29. The molecule has 0 radical (unpaired) electrons. The fraction of sp³-hybridized carbons (Fsp3) is 0.375. The van der Waals surface area contributed by atoms with Crippen molar-refractivity contribution in [3.8, 4) is 0 Å². The van der Waals surface area contributed by atoms with Gasteiger partial charge in [-0.1, -0.05) is 0 Å². The van der Waals surface area contributed by atoms with Crippen LogP contribution in [0.1, 0.15) is 0 Å². The Kier molecular flexibility index (Phi) is 4.95. The number of hydrogen-bond acceptors (Lipinski definition) is 5. The zero-order chi connectivity index (χ0) is 10.2. The Morgan fingerprint density at radius 2 is 2.21 bits per heavy atom. The van der Waals surface area contributed by atoms with Crippen molar-refractivity contribution in [1.29, 1.82) is 0 Å². The Balaban J connectivity index is 2.27. The Morgan fingerprint density at radius 3 is 2.86 bits per heavy atom. The van der Waals surface area contributed by atoms with Crippen LogP contribution in [0.2, 0.25) is 0 Å². The fourth-order valence-electron chi connectivity index (χ4n) is 0.754. The van der Waals surface area contributed by atoms with E-state index in [1.807, 2.05) is 0 Å². The quantitative estimate of drug-likeness (QED) is 0.680. The first-order valence-corrected chi connectivity index (χ1v) is 5.24. The molecule has 0 spiro atoms. The molecular formula is C8H11N3O2S. The van der Waals surface area contributed by atoms with E-state index in [9.17, 15) is 4.79 Å². The minimum absolute atomic E-state index is 0.0831. The second-order valence-corrected chi connectivity index (χ2v) is 3.50. The number of thioether (sulfide) groups is 1. The number of aliphatic hydroxyl groups excluding tert-OH is 1. The first-order valence-electron chi connectivity index (χ1n) is 4.08. The lowest BCUT2D eigenvalue weighted by Crippen LogP contribution is -2.16. The van der Waals surface area contributed by atoms with Gasteiger partial charge in [0, 0.05) is 18.1 Å². The van der Waals surface area contributed by atoms with Gasteiger partial charge in [-0.15, -0.1) is 11.8 Å². The summed E-state index contributed by atoms with van der Waals surface area (Å²) in [5, 5.41) is 11.0. The van der Waals surface area contributed by atoms with Gasteiger partial charge in [-0.25, -0.2) is 9.97 Å². The van der Waals surface area contributed by atoms with Crippen LogP contribution in [0.15, 0.2) is 18.5 Å². The zero-order valence-corrected chi connectivity index (χ0v) is 8.33. The zero-order valence-electron chi connectivity index (χ0n) is 7.51. The summed E-state index contributed by atoms with van der Waals surface area (Å²) >= 11 is 1.36. The molecule has 1 rings (SSSR count). The van der Waals surface area contributed by atoms with Crippen LogP contribution >= 0.6 is 11.8 Å². The molecule has 0 bridgehead atoms. The van der Waals surface area contributed by atoms with Crippen molar-refractivity contribution >= 4 is 23.6 Å². The number of nitrogens with one attached hydrogen (secondary N) is 1. The fourth-order valence-corrected chi connectivity index (χ4v) is 1.28. The molecule has 0 fully saturated rings. The lowest BCUT2D eigenvalue weighted by Gasteiger charge is -2.01. The van der Waals surface area contributed by atoms with Gasteiger partial charge >= 0.3 is 0 Å². The normalized spacial score (nSPS) is 9.79.